The highest BCUT2D eigenvalue weighted by atomic mass is 16.3. The van der Waals surface area contributed by atoms with E-state index in [0.717, 1.165) is 36.5 Å². The van der Waals surface area contributed by atoms with Crippen LogP contribution in [0.1, 0.15) is 22.8 Å². The van der Waals surface area contributed by atoms with E-state index in [2.05, 4.69) is 14.9 Å². The number of amides is 1. The number of aryl methyl sites for hydroxylation is 1. The number of fused-ring (bicyclic) bond motifs is 2. The van der Waals surface area contributed by atoms with Gasteiger partial charge in [0.25, 0.3) is 5.91 Å². The first kappa shape index (κ1) is 16.5. The van der Waals surface area contributed by atoms with Crippen molar-refractivity contribution in [2.24, 2.45) is 0 Å². The van der Waals surface area contributed by atoms with Gasteiger partial charge in [-0.2, -0.15) is 0 Å². The second-order valence-electron chi connectivity index (χ2n) is 6.82. The standard InChI is InChI=1S/C22H17N3O3/c26-18-12-20(28-19-5-2-1-4-16(18)19)22(27)24-15-9-7-14(8-10-15)17-13-23-21-6-3-11-25(17)21/h1-2,4-5,7-10,12-13H,3,6,11H2,(H,24,27). The van der Waals surface area contributed by atoms with E-state index < -0.39 is 5.91 Å². The lowest BCUT2D eigenvalue weighted by Crippen LogP contribution is -2.14. The van der Waals surface area contributed by atoms with E-state index in [9.17, 15) is 9.59 Å². The van der Waals surface area contributed by atoms with E-state index in [0.29, 0.717) is 16.7 Å². The van der Waals surface area contributed by atoms with Gasteiger partial charge >= 0.3 is 0 Å². The third kappa shape index (κ3) is 2.79. The van der Waals surface area contributed by atoms with Gasteiger partial charge in [-0.15, -0.1) is 0 Å². The largest absolute Gasteiger partial charge is 0.451 e. The Hall–Kier alpha value is -3.67. The smallest absolute Gasteiger partial charge is 0.291 e. The van der Waals surface area contributed by atoms with Crippen LogP contribution >= 0.6 is 0 Å². The Bertz CT molecular complexity index is 1250. The first-order valence-electron chi connectivity index (χ1n) is 9.18. The van der Waals surface area contributed by atoms with Gasteiger partial charge < -0.3 is 14.3 Å². The average molecular weight is 371 g/mol. The van der Waals surface area contributed by atoms with E-state index in [1.165, 1.54) is 6.07 Å². The minimum atomic E-state index is -0.458. The SMILES string of the molecule is O=C(Nc1ccc(-c2cnc3n2CCC3)cc1)c1cc(=O)c2ccccc2o1. The van der Waals surface area contributed by atoms with Crippen molar-refractivity contribution in [2.45, 2.75) is 19.4 Å². The number of carbonyl (C=O) groups is 1. The molecule has 2 aromatic carbocycles. The normalized spacial score (nSPS) is 12.9. The summed E-state index contributed by atoms with van der Waals surface area (Å²) < 4.78 is 7.82. The number of rotatable bonds is 3. The lowest BCUT2D eigenvalue weighted by molar-refractivity contribution is 0.0997. The maximum absolute atomic E-state index is 12.5. The Kier molecular flexibility index (Phi) is 3.83. The summed E-state index contributed by atoms with van der Waals surface area (Å²) in [7, 11) is 0. The summed E-state index contributed by atoms with van der Waals surface area (Å²) >= 11 is 0. The molecule has 0 spiro atoms. The second kappa shape index (κ2) is 6.49. The van der Waals surface area contributed by atoms with E-state index in [4.69, 9.17) is 4.42 Å². The number of hydrogen-bond acceptors (Lipinski definition) is 4. The van der Waals surface area contributed by atoms with Crippen LogP contribution in [0.5, 0.6) is 0 Å². The molecule has 4 aromatic rings. The molecule has 28 heavy (non-hydrogen) atoms. The molecule has 1 N–H and O–H groups in total. The number of hydrogen-bond donors (Lipinski definition) is 1. The molecule has 0 radical (unpaired) electrons. The summed E-state index contributed by atoms with van der Waals surface area (Å²) in [4.78, 5) is 29.2. The molecule has 6 nitrogen and oxygen atoms in total. The van der Waals surface area contributed by atoms with E-state index in [-0.39, 0.29) is 11.2 Å². The molecular formula is C22H17N3O3. The Morgan fingerprint density at radius 1 is 1.11 bits per heavy atom. The zero-order chi connectivity index (χ0) is 19.1. The molecule has 1 amide bonds. The van der Waals surface area contributed by atoms with Crippen molar-refractivity contribution in [3.8, 4) is 11.3 Å². The molecule has 0 bridgehead atoms. The fourth-order valence-electron chi connectivity index (χ4n) is 3.62. The van der Waals surface area contributed by atoms with Gasteiger partial charge in [0.05, 0.1) is 17.3 Å². The molecule has 1 aliphatic rings. The van der Waals surface area contributed by atoms with Gasteiger partial charge in [-0.1, -0.05) is 24.3 Å². The van der Waals surface area contributed by atoms with Crippen LogP contribution in [-0.4, -0.2) is 15.5 Å². The van der Waals surface area contributed by atoms with Crippen molar-refractivity contribution in [2.75, 3.05) is 5.32 Å². The van der Waals surface area contributed by atoms with Crippen LogP contribution in [-0.2, 0) is 13.0 Å². The Balaban J connectivity index is 1.39. The third-order valence-corrected chi connectivity index (χ3v) is 5.02. The fourth-order valence-corrected chi connectivity index (χ4v) is 3.62. The highest BCUT2D eigenvalue weighted by Crippen LogP contribution is 2.26. The summed E-state index contributed by atoms with van der Waals surface area (Å²) in [5, 5.41) is 3.24. The Morgan fingerprint density at radius 2 is 1.93 bits per heavy atom. The molecule has 0 aliphatic carbocycles. The molecular weight excluding hydrogens is 354 g/mol. The van der Waals surface area contributed by atoms with Gasteiger partial charge in [0.1, 0.15) is 11.4 Å². The maximum Gasteiger partial charge on any atom is 0.291 e. The van der Waals surface area contributed by atoms with Crippen LogP contribution < -0.4 is 10.7 Å². The first-order chi connectivity index (χ1) is 13.7. The lowest BCUT2D eigenvalue weighted by atomic mass is 10.1. The highest BCUT2D eigenvalue weighted by Gasteiger charge is 2.17. The van der Waals surface area contributed by atoms with Crippen molar-refractivity contribution in [1.82, 2.24) is 9.55 Å². The topological polar surface area (TPSA) is 77.1 Å². The second-order valence-corrected chi connectivity index (χ2v) is 6.82. The van der Waals surface area contributed by atoms with Gasteiger partial charge in [0.15, 0.2) is 11.2 Å². The lowest BCUT2D eigenvalue weighted by Gasteiger charge is -2.08. The van der Waals surface area contributed by atoms with Crippen LogP contribution in [0, 0.1) is 0 Å². The van der Waals surface area contributed by atoms with Crippen molar-refractivity contribution in [3.63, 3.8) is 0 Å². The quantitative estimate of drug-likeness (QED) is 0.593. The van der Waals surface area contributed by atoms with Crippen molar-refractivity contribution < 1.29 is 9.21 Å². The summed E-state index contributed by atoms with van der Waals surface area (Å²) in [5.74, 6) is 0.654. The van der Waals surface area contributed by atoms with Gasteiger partial charge in [0.2, 0.25) is 0 Å². The summed E-state index contributed by atoms with van der Waals surface area (Å²) in [5.41, 5.74) is 2.93. The monoisotopic (exact) mass is 371 g/mol. The van der Waals surface area contributed by atoms with Crippen LogP contribution in [0.15, 0.2) is 70.0 Å². The van der Waals surface area contributed by atoms with E-state index in [1.807, 2.05) is 30.5 Å². The summed E-state index contributed by atoms with van der Waals surface area (Å²) in [6.45, 7) is 0.990. The van der Waals surface area contributed by atoms with E-state index in [1.54, 1.807) is 24.3 Å². The van der Waals surface area contributed by atoms with Crippen molar-refractivity contribution >= 4 is 22.6 Å². The number of aromatic nitrogens is 2. The number of anilines is 1. The Morgan fingerprint density at radius 3 is 2.79 bits per heavy atom. The highest BCUT2D eigenvalue weighted by molar-refractivity contribution is 6.03. The van der Waals surface area contributed by atoms with Gasteiger partial charge in [0, 0.05) is 24.7 Å². The minimum Gasteiger partial charge on any atom is -0.451 e. The average Bonchev–Trinajstić information content (AvgIpc) is 3.32. The van der Waals surface area contributed by atoms with Gasteiger partial charge in [-0.25, -0.2) is 4.98 Å². The third-order valence-electron chi connectivity index (χ3n) is 5.02. The number of nitrogens with zero attached hydrogens (tertiary/aromatic N) is 2. The zero-order valence-electron chi connectivity index (χ0n) is 15.0. The number of imidazole rings is 1. The number of benzene rings is 2. The first-order valence-corrected chi connectivity index (χ1v) is 9.18. The van der Waals surface area contributed by atoms with Crippen LogP contribution in [0.3, 0.4) is 0 Å². The molecule has 6 heteroatoms. The molecule has 2 aromatic heterocycles. The van der Waals surface area contributed by atoms with Crippen molar-refractivity contribution in [1.29, 1.82) is 0 Å². The summed E-state index contributed by atoms with van der Waals surface area (Å²) in [6.07, 6.45) is 4.04. The fraction of sp³-hybridized carbons (Fsp3) is 0.136. The Labute approximate surface area is 160 Å². The number of nitrogens with one attached hydrogen (secondary N) is 1. The van der Waals surface area contributed by atoms with Crippen molar-refractivity contribution in [3.05, 3.63) is 82.6 Å². The maximum atomic E-state index is 12.5. The minimum absolute atomic E-state index is 0.0126. The summed E-state index contributed by atoms with van der Waals surface area (Å²) in [6, 6.07) is 15.7. The number of carbonyl (C=O) groups excluding carboxylic acids is 1. The molecule has 5 rings (SSSR count). The molecule has 0 unspecified atom stereocenters. The van der Waals surface area contributed by atoms with Gasteiger partial charge in [-0.05, 0) is 36.2 Å². The number of para-hydroxylation sites is 1. The zero-order valence-corrected chi connectivity index (χ0v) is 15.0. The van der Waals surface area contributed by atoms with Crippen LogP contribution in [0.25, 0.3) is 22.2 Å². The molecule has 0 saturated heterocycles. The van der Waals surface area contributed by atoms with Gasteiger partial charge in [-0.3, -0.25) is 9.59 Å². The molecule has 0 atom stereocenters. The van der Waals surface area contributed by atoms with Crippen LogP contribution in [0.2, 0.25) is 0 Å². The predicted molar refractivity (Wildman–Crippen MR) is 106 cm³/mol. The molecule has 1 aliphatic heterocycles. The molecule has 0 fully saturated rings. The molecule has 138 valence electrons. The molecule has 0 saturated carbocycles. The molecule has 3 heterocycles. The van der Waals surface area contributed by atoms with E-state index >= 15 is 0 Å². The predicted octanol–water partition coefficient (Wildman–Crippen LogP) is 3.86. The van der Waals surface area contributed by atoms with Crippen LogP contribution in [0.4, 0.5) is 5.69 Å².